The lowest BCUT2D eigenvalue weighted by atomic mass is 10.3. The predicted molar refractivity (Wildman–Crippen MR) is 77.0 cm³/mol. The second-order valence-corrected chi connectivity index (χ2v) is 5.86. The van der Waals surface area contributed by atoms with Gasteiger partial charge in [0.1, 0.15) is 5.65 Å². The normalized spacial score (nSPS) is 20.2. The van der Waals surface area contributed by atoms with Gasteiger partial charge in [0.15, 0.2) is 0 Å². The minimum Gasteiger partial charge on any atom is -0.326 e. The number of pyridine rings is 1. The first-order chi connectivity index (χ1) is 9.11. The van der Waals surface area contributed by atoms with Crippen LogP contribution in [0.3, 0.4) is 0 Å². The standard InChI is InChI=1S/C13H15BrN4O/c14-9-1-2-12-16-11(5-13(19)18(12)6-9)8-17-4-3-10(15)7-17/h1-2,5-6,10H,3-4,7-8,15H2/t10-/m0/s1. The van der Waals surface area contributed by atoms with E-state index in [9.17, 15) is 4.79 Å². The van der Waals surface area contributed by atoms with Crippen molar-refractivity contribution in [3.8, 4) is 0 Å². The molecule has 0 amide bonds. The Morgan fingerprint density at radius 2 is 2.32 bits per heavy atom. The third kappa shape index (κ3) is 2.70. The van der Waals surface area contributed by atoms with Crippen molar-refractivity contribution in [3.05, 3.63) is 44.9 Å². The van der Waals surface area contributed by atoms with Crippen molar-refractivity contribution in [2.24, 2.45) is 5.73 Å². The molecule has 3 heterocycles. The fourth-order valence-electron chi connectivity index (χ4n) is 2.44. The van der Waals surface area contributed by atoms with Gasteiger partial charge in [-0.1, -0.05) is 0 Å². The van der Waals surface area contributed by atoms with E-state index in [4.69, 9.17) is 5.73 Å². The molecule has 3 rings (SSSR count). The van der Waals surface area contributed by atoms with E-state index in [1.54, 1.807) is 16.7 Å². The zero-order chi connectivity index (χ0) is 13.4. The van der Waals surface area contributed by atoms with E-state index in [2.05, 4.69) is 25.8 Å². The first-order valence-electron chi connectivity index (χ1n) is 6.27. The maximum Gasteiger partial charge on any atom is 0.258 e. The number of likely N-dealkylation sites (tertiary alicyclic amines) is 1. The third-order valence-electron chi connectivity index (χ3n) is 3.37. The summed E-state index contributed by atoms with van der Waals surface area (Å²) < 4.78 is 2.41. The number of nitrogens with zero attached hydrogens (tertiary/aromatic N) is 3. The van der Waals surface area contributed by atoms with Crippen LogP contribution < -0.4 is 11.3 Å². The molecule has 5 nitrogen and oxygen atoms in total. The Balaban J connectivity index is 1.93. The van der Waals surface area contributed by atoms with Gasteiger partial charge >= 0.3 is 0 Å². The summed E-state index contributed by atoms with van der Waals surface area (Å²) >= 11 is 3.35. The van der Waals surface area contributed by atoms with Crippen molar-refractivity contribution in [2.45, 2.75) is 19.0 Å². The number of fused-ring (bicyclic) bond motifs is 1. The molecule has 1 aliphatic rings. The molecular formula is C13H15BrN4O. The van der Waals surface area contributed by atoms with E-state index >= 15 is 0 Å². The van der Waals surface area contributed by atoms with Crippen LogP contribution in [-0.4, -0.2) is 33.4 Å². The van der Waals surface area contributed by atoms with Crippen LogP contribution in [0.5, 0.6) is 0 Å². The highest BCUT2D eigenvalue weighted by atomic mass is 79.9. The van der Waals surface area contributed by atoms with Gasteiger partial charge in [0.25, 0.3) is 5.56 Å². The summed E-state index contributed by atoms with van der Waals surface area (Å²) in [5.74, 6) is 0. The molecule has 0 bridgehead atoms. The minimum absolute atomic E-state index is 0.0511. The number of hydrogen-bond acceptors (Lipinski definition) is 4. The van der Waals surface area contributed by atoms with Crippen LogP contribution in [0.1, 0.15) is 12.1 Å². The number of nitrogens with two attached hydrogens (primary N) is 1. The van der Waals surface area contributed by atoms with Crippen LogP contribution in [0.2, 0.25) is 0 Å². The summed E-state index contributed by atoms with van der Waals surface area (Å²) in [5, 5.41) is 0. The molecule has 2 aromatic heterocycles. The molecule has 1 fully saturated rings. The Morgan fingerprint density at radius 1 is 1.47 bits per heavy atom. The van der Waals surface area contributed by atoms with Crippen molar-refractivity contribution in [2.75, 3.05) is 13.1 Å². The Bertz CT molecular complexity index is 669. The summed E-state index contributed by atoms with van der Waals surface area (Å²) in [7, 11) is 0. The van der Waals surface area contributed by atoms with E-state index in [1.165, 1.54) is 0 Å². The fraction of sp³-hybridized carbons (Fsp3) is 0.385. The Labute approximate surface area is 119 Å². The van der Waals surface area contributed by atoms with Gasteiger partial charge in [0.05, 0.1) is 5.69 Å². The largest absolute Gasteiger partial charge is 0.326 e. The Kier molecular flexibility index (Phi) is 3.38. The van der Waals surface area contributed by atoms with E-state index in [1.807, 2.05) is 12.1 Å². The lowest BCUT2D eigenvalue weighted by molar-refractivity contribution is 0.323. The van der Waals surface area contributed by atoms with Crippen LogP contribution >= 0.6 is 15.9 Å². The van der Waals surface area contributed by atoms with Gasteiger partial charge in [-0.25, -0.2) is 4.98 Å². The molecule has 0 saturated carbocycles. The highest BCUT2D eigenvalue weighted by molar-refractivity contribution is 9.10. The van der Waals surface area contributed by atoms with Gasteiger partial charge < -0.3 is 5.73 Å². The van der Waals surface area contributed by atoms with Crippen molar-refractivity contribution in [1.82, 2.24) is 14.3 Å². The third-order valence-corrected chi connectivity index (χ3v) is 3.84. The summed E-state index contributed by atoms with van der Waals surface area (Å²) in [5.41, 5.74) is 7.31. The topological polar surface area (TPSA) is 63.6 Å². The Hall–Kier alpha value is -1.24. The molecule has 0 aromatic carbocycles. The second-order valence-electron chi connectivity index (χ2n) is 4.95. The molecule has 1 atom stereocenters. The van der Waals surface area contributed by atoms with Gasteiger partial charge in [-0.15, -0.1) is 0 Å². The van der Waals surface area contributed by atoms with Crippen LogP contribution in [0.25, 0.3) is 5.65 Å². The SMILES string of the molecule is N[C@H]1CCN(Cc2cc(=O)n3cc(Br)ccc3n2)C1. The first-order valence-corrected chi connectivity index (χ1v) is 7.07. The van der Waals surface area contributed by atoms with Crippen LogP contribution in [0, 0.1) is 0 Å². The van der Waals surface area contributed by atoms with Gasteiger partial charge in [-0.05, 0) is 34.5 Å². The maximum absolute atomic E-state index is 12.0. The molecule has 0 aliphatic carbocycles. The smallest absolute Gasteiger partial charge is 0.258 e. The maximum atomic E-state index is 12.0. The highest BCUT2D eigenvalue weighted by Crippen LogP contribution is 2.12. The zero-order valence-corrected chi connectivity index (χ0v) is 12.0. The lowest BCUT2D eigenvalue weighted by Crippen LogP contribution is -2.27. The van der Waals surface area contributed by atoms with Gasteiger partial charge in [0, 0.05) is 42.4 Å². The Morgan fingerprint density at radius 3 is 3.05 bits per heavy atom. The van der Waals surface area contributed by atoms with E-state index in [-0.39, 0.29) is 11.6 Å². The van der Waals surface area contributed by atoms with E-state index < -0.39 is 0 Å². The molecule has 0 spiro atoms. The second kappa shape index (κ2) is 5.03. The van der Waals surface area contributed by atoms with Gasteiger partial charge in [-0.3, -0.25) is 14.1 Å². The number of aromatic nitrogens is 2. The molecule has 6 heteroatoms. The van der Waals surface area contributed by atoms with Crippen molar-refractivity contribution in [3.63, 3.8) is 0 Å². The van der Waals surface area contributed by atoms with Crippen LogP contribution in [-0.2, 0) is 6.54 Å². The molecule has 19 heavy (non-hydrogen) atoms. The van der Waals surface area contributed by atoms with Crippen molar-refractivity contribution in [1.29, 1.82) is 0 Å². The van der Waals surface area contributed by atoms with Crippen LogP contribution in [0.4, 0.5) is 0 Å². The average Bonchev–Trinajstić information content (AvgIpc) is 2.76. The molecule has 1 saturated heterocycles. The molecular weight excluding hydrogens is 308 g/mol. The average molecular weight is 323 g/mol. The minimum atomic E-state index is -0.0511. The predicted octanol–water partition coefficient (Wildman–Crippen LogP) is 0.990. The number of hydrogen-bond donors (Lipinski definition) is 1. The number of halogens is 1. The zero-order valence-electron chi connectivity index (χ0n) is 10.4. The van der Waals surface area contributed by atoms with Crippen LogP contribution in [0.15, 0.2) is 33.7 Å². The highest BCUT2D eigenvalue weighted by Gasteiger charge is 2.19. The summed E-state index contributed by atoms with van der Waals surface area (Å²) in [6.45, 7) is 2.54. The first kappa shape index (κ1) is 12.8. The van der Waals surface area contributed by atoms with Crippen molar-refractivity contribution < 1.29 is 0 Å². The molecule has 0 radical (unpaired) electrons. The molecule has 0 unspecified atom stereocenters. The van der Waals surface area contributed by atoms with E-state index in [0.29, 0.717) is 12.2 Å². The van der Waals surface area contributed by atoms with Gasteiger partial charge in [-0.2, -0.15) is 0 Å². The summed E-state index contributed by atoms with van der Waals surface area (Å²) in [6, 6.07) is 5.57. The lowest BCUT2D eigenvalue weighted by Gasteiger charge is -2.14. The number of rotatable bonds is 2. The molecule has 2 aromatic rings. The fourth-order valence-corrected chi connectivity index (χ4v) is 2.78. The van der Waals surface area contributed by atoms with Crippen molar-refractivity contribution >= 4 is 21.6 Å². The van der Waals surface area contributed by atoms with Gasteiger partial charge in [0.2, 0.25) is 0 Å². The quantitative estimate of drug-likeness (QED) is 0.895. The monoisotopic (exact) mass is 322 g/mol. The molecule has 100 valence electrons. The molecule has 1 aliphatic heterocycles. The summed E-state index contributed by atoms with van der Waals surface area (Å²) in [4.78, 5) is 18.8. The summed E-state index contributed by atoms with van der Waals surface area (Å²) in [6.07, 6.45) is 2.75. The molecule has 2 N–H and O–H groups in total. The van der Waals surface area contributed by atoms with E-state index in [0.717, 1.165) is 29.7 Å².